The number of ether oxygens (including phenoxy) is 1. The van der Waals surface area contributed by atoms with E-state index < -0.39 is 0 Å². The van der Waals surface area contributed by atoms with Crippen LogP contribution < -0.4 is 5.32 Å². The molecular formula is C12H26N2O. The maximum Gasteiger partial charge on any atom is 0.0700 e. The minimum Gasteiger partial charge on any atom is -0.377 e. The fraction of sp³-hybridized carbons (Fsp3) is 1.00. The fourth-order valence-corrected chi connectivity index (χ4v) is 2.29. The molecule has 0 amide bonds. The van der Waals surface area contributed by atoms with Crippen molar-refractivity contribution in [1.82, 2.24) is 10.2 Å². The number of rotatable bonds is 5. The van der Waals surface area contributed by atoms with Crippen LogP contribution in [0, 0.1) is 5.92 Å². The molecule has 0 aromatic heterocycles. The Morgan fingerprint density at radius 3 is 2.47 bits per heavy atom. The Balaban J connectivity index is 2.33. The first kappa shape index (κ1) is 12.9. The summed E-state index contributed by atoms with van der Waals surface area (Å²) in [6.45, 7) is 8.68. The predicted molar refractivity (Wildman–Crippen MR) is 64.1 cm³/mol. The lowest BCUT2D eigenvalue weighted by molar-refractivity contribution is 0.110. The van der Waals surface area contributed by atoms with Gasteiger partial charge in [-0.25, -0.2) is 0 Å². The molecule has 0 saturated carbocycles. The highest BCUT2D eigenvalue weighted by Crippen LogP contribution is 2.14. The van der Waals surface area contributed by atoms with E-state index in [1.165, 1.54) is 0 Å². The average molecular weight is 214 g/mol. The van der Waals surface area contributed by atoms with Crippen LogP contribution in [0.2, 0.25) is 0 Å². The summed E-state index contributed by atoms with van der Waals surface area (Å²) in [5, 5.41) is 3.63. The van der Waals surface area contributed by atoms with E-state index in [0.717, 1.165) is 19.6 Å². The van der Waals surface area contributed by atoms with Crippen molar-refractivity contribution < 1.29 is 4.74 Å². The standard InChI is InChI=1S/C12H26N2O/c1-9(2)12(14(4)5)8-13-11-6-7-15-10(11)3/h9-13H,6-8H2,1-5H3. The van der Waals surface area contributed by atoms with E-state index in [2.05, 4.69) is 45.1 Å². The molecule has 15 heavy (non-hydrogen) atoms. The Morgan fingerprint density at radius 2 is 2.07 bits per heavy atom. The average Bonchev–Trinajstić information content (AvgIpc) is 2.51. The zero-order valence-electron chi connectivity index (χ0n) is 10.8. The number of nitrogens with one attached hydrogen (secondary N) is 1. The Morgan fingerprint density at radius 1 is 1.40 bits per heavy atom. The molecule has 3 heteroatoms. The molecule has 1 aliphatic heterocycles. The first-order valence-electron chi connectivity index (χ1n) is 6.03. The van der Waals surface area contributed by atoms with Crippen LogP contribution in [0.3, 0.4) is 0 Å². The maximum absolute atomic E-state index is 5.54. The van der Waals surface area contributed by atoms with Crippen molar-refractivity contribution in [3.8, 4) is 0 Å². The third-order valence-corrected chi connectivity index (χ3v) is 3.40. The van der Waals surface area contributed by atoms with Gasteiger partial charge in [-0.3, -0.25) is 0 Å². The van der Waals surface area contributed by atoms with Crippen LogP contribution >= 0.6 is 0 Å². The lowest BCUT2D eigenvalue weighted by atomic mass is 10.0. The normalized spacial score (nSPS) is 29.0. The van der Waals surface area contributed by atoms with Crippen LogP contribution in [0.15, 0.2) is 0 Å². The van der Waals surface area contributed by atoms with E-state index >= 15 is 0 Å². The highest BCUT2D eigenvalue weighted by atomic mass is 16.5. The summed E-state index contributed by atoms with van der Waals surface area (Å²) >= 11 is 0. The maximum atomic E-state index is 5.54. The van der Waals surface area contributed by atoms with Crippen molar-refractivity contribution in [2.24, 2.45) is 5.92 Å². The molecule has 3 atom stereocenters. The molecule has 3 nitrogen and oxygen atoms in total. The zero-order valence-corrected chi connectivity index (χ0v) is 10.8. The molecule has 0 aromatic carbocycles. The van der Waals surface area contributed by atoms with Gasteiger partial charge in [-0.05, 0) is 33.4 Å². The monoisotopic (exact) mass is 214 g/mol. The first-order valence-corrected chi connectivity index (χ1v) is 6.03. The van der Waals surface area contributed by atoms with Gasteiger partial charge in [0.1, 0.15) is 0 Å². The molecule has 0 aromatic rings. The molecule has 0 radical (unpaired) electrons. The number of hydrogen-bond donors (Lipinski definition) is 1. The van der Waals surface area contributed by atoms with E-state index in [0.29, 0.717) is 24.1 Å². The molecule has 3 unspecified atom stereocenters. The molecule has 1 aliphatic rings. The van der Waals surface area contributed by atoms with Gasteiger partial charge in [-0.2, -0.15) is 0 Å². The van der Waals surface area contributed by atoms with Crippen LogP contribution in [0.1, 0.15) is 27.2 Å². The summed E-state index contributed by atoms with van der Waals surface area (Å²) in [5.41, 5.74) is 0. The van der Waals surface area contributed by atoms with Crippen LogP contribution in [-0.4, -0.2) is 50.3 Å². The molecular weight excluding hydrogens is 188 g/mol. The molecule has 90 valence electrons. The van der Waals surface area contributed by atoms with Gasteiger partial charge in [0, 0.05) is 25.2 Å². The second kappa shape index (κ2) is 5.83. The number of likely N-dealkylation sites (N-methyl/N-ethyl adjacent to an activating group) is 1. The van der Waals surface area contributed by atoms with Gasteiger partial charge < -0.3 is 15.0 Å². The largest absolute Gasteiger partial charge is 0.377 e. The summed E-state index contributed by atoms with van der Waals surface area (Å²) in [5.74, 6) is 0.685. The molecule has 0 aliphatic carbocycles. The summed E-state index contributed by atoms with van der Waals surface area (Å²) in [6, 6.07) is 1.16. The predicted octanol–water partition coefficient (Wildman–Crippen LogP) is 1.34. The van der Waals surface area contributed by atoms with Crippen LogP contribution in [0.5, 0.6) is 0 Å². The molecule has 1 fully saturated rings. The first-order chi connectivity index (χ1) is 7.02. The van der Waals surface area contributed by atoms with Crippen LogP contribution in [0.4, 0.5) is 0 Å². The van der Waals surface area contributed by atoms with E-state index in [1.54, 1.807) is 0 Å². The summed E-state index contributed by atoms with van der Waals surface area (Å²) in [7, 11) is 4.31. The number of hydrogen-bond acceptors (Lipinski definition) is 3. The SMILES string of the molecule is CC(C)C(CNC1CCOC1C)N(C)C. The van der Waals surface area contributed by atoms with E-state index in [-0.39, 0.29) is 0 Å². The second-order valence-electron chi connectivity index (χ2n) is 5.15. The highest BCUT2D eigenvalue weighted by molar-refractivity contribution is 4.82. The lowest BCUT2D eigenvalue weighted by Crippen LogP contribution is -2.46. The fourth-order valence-electron chi connectivity index (χ4n) is 2.29. The zero-order chi connectivity index (χ0) is 11.4. The van der Waals surface area contributed by atoms with Gasteiger partial charge in [0.2, 0.25) is 0 Å². The van der Waals surface area contributed by atoms with Crippen molar-refractivity contribution in [1.29, 1.82) is 0 Å². The van der Waals surface area contributed by atoms with Crippen molar-refractivity contribution in [3.05, 3.63) is 0 Å². The van der Waals surface area contributed by atoms with Crippen LogP contribution in [-0.2, 0) is 4.74 Å². The summed E-state index contributed by atoms with van der Waals surface area (Å²) < 4.78 is 5.54. The Bertz CT molecular complexity index is 174. The van der Waals surface area contributed by atoms with Crippen molar-refractivity contribution in [2.45, 2.75) is 45.4 Å². The minimum atomic E-state index is 0.375. The summed E-state index contributed by atoms with van der Waals surface area (Å²) in [6.07, 6.45) is 1.53. The smallest absolute Gasteiger partial charge is 0.0700 e. The van der Waals surface area contributed by atoms with Gasteiger partial charge in [0.05, 0.1) is 6.10 Å². The van der Waals surface area contributed by atoms with E-state index in [9.17, 15) is 0 Å². The molecule has 0 spiro atoms. The van der Waals surface area contributed by atoms with E-state index in [4.69, 9.17) is 4.74 Å². The molecule has 1 heterocycles. The van der Waals surface area contributed by atoms with Gasteiger partial charge in [0.15, 0.2) is 0 Å². The van der Waals surface area contributed by atoms with Gasteiger partial charge in [-0.15, -0.1) is 0 Å². The van der Waals surface area contributed by atoms with Crippen LogP contribution in [0.25, 0.3) is 0 Å². The topological polar surface area (TPSA) is 24.5 Å². The van der Waals surface area contributed by atoms with Gasteiger partial charge >= 0.3 is 0 Å². The quantitative estimate of drug-likeness (QED) is 0.747. The Kier molecular flexibility index (Phi) is 5.03. The Labute approximate surface area is 94.2 Å². The Hall–Kier alpha value is -0.120. The van der Waals surface area contributed by atoms with Gasteiger partial charge in [0.25, 0.3) is 0 Å². The van der Waals surface area contributed by atoms with Crippen molar-refractivity contribution >= 4 is 0 Å². The highest BCUT2D eigenvalue weighted by Gasteiger charge is 2.25. The van der Waals surface area contributed by atoms with Crippen molar-refractivity contribution in [3.63, 3.8) is 0 Å². The third-order valence-electron chi connectivity index (χ3n) is 3.40. The molecule has 1 saturated heterocycles. The molecule has 0 bridgehead atoms. The summed E-state index contributed by atoms with van der Waals surface area (Å²) in [4.78, 5) is 2.30. The molecule has 1 N–H and O–H groups in total. The third kappa shape index (κ3) is 3.74. The number of nitrogens with zero attached hydrogens (tertiary/aromatic N) is 1. The lowest BCUT2D eigenvalue weighted by Gasteiger charge is -2.30. The van der Waals surface area contributed by atoms with Crippen molar-refractivity contribution in [2.75, 3.05) is 27.2 Å². The minimum absolute atomic E-state index is 0.375. The second-order valence-corrected chi connectivity index (χ2v) is 5.15. The molecule has 1 rings (SSSR count). The van der Waals surface area contributed by atoms with E-state index in [1.807, 2.05) is 0 Å². The van der Waals surface area contributed by atoms with Gasteiger partial charge in [-0.1, -0.05) is 13.8 Å².